The van der Waals surface area contributed by atoms with Crippen molar-refractivity contribution >= 4 is 44.7 Å². The van der Waals surface area contributed by atoms with Crippen LogP contribution in [0.25, 0.3) is 11.0 Å². The Morgan fingerprint density at radius 3 is 2.90 bits per heavy atom. The van der Waals surface area contributed by atoms with Crippen LogP contribution in [0.4, 0.5) is 0 Å². The van der Waals surface area contributed by atoms with Crippen LogP contribution in [-0.4, -0.2) is 26.4 Å². The van der Waals surface area contributed by atoms with Gasteiger partial charge < -0.3 is 9.67 Å². The van der Waals surface area contributed by atoms with Gasteiger partial charge in [0.2, 0.25) is 0 Å². The molecule has 106 valence electrons. The second-order valence-corrected chi connectivity index (χ2v) is 7.65. The molecule has 0 bridgehead atoms. The van der Waals surface area contributed by atoms with E-state index in [1.807, 2.05) is 18.2 Å². The van der Waals surface area contributed by atoms with E-state index < -0.39 is 5.97 Å². The maximum Gasteiger partial charge on any atom is 0.313 e. The molecule has 4 nitrogen and oxygen atoms in total. The van der Waals surface area contributed by atoms with Gasteiger partial charge in [-0.05, 0) is 30.0 Å². The Kier molecular flexibility index (Phi) is 3.33. The number of halogens is 1. The lowest BCUT2D eigenvalue weighted by Gasteiger charge is -2.10. The zero-order chi connectivity index (χ0) is 14.5. The average molecular weight is 355 g/mol. The van der Waals surface area contributed by atoms with E-state index in [1.54, 1.807) is 0 Å². The molecule has 1 aliphatic carbocycles. The molecule has 1 atom stereocenters. The molecule has 1 N–H and O–H groups in total. The third kappa shape index (κ3) is 2.46. The fourth-order valence-corrected chi connectivity index (χ4v) is 3.59. The number of carboxylic acid groups (broad SMARTS) is 1. The monoisotopic (exact) mass is 354 g/mol. The summed E-state index contributed by atoms with van der Waals surface area (Å²) in [6.45, 7) is 4.46. The Morgan fingerprint density at radius 1 is 1.60 bits per heavy atom. The molecule has 0 aliphatic heterocycles. The quantitative estimate of drug-likeness (QED) is 0.844. The van der Waals surface area contributed by atoms with Crippen LogP contribution in [0.2, 0.25) is 0 Å². The molecule has 0 saturated heterocycles. The Balaban J connectivity index is 2.07. The van der Waals surface area contributed by atoms with E-state index in [-0.39, 0.29) is 11.2 Å². The summed E-state index contributed by atoms with van der Waals surface area (Å²) >= 11 is 4.75. The number of carbonyl (C=O) groups is 1. The van der Waals surface area contributed by atoms with Crippen LogP contribution >= 0.6 is 27.7 Å². The third-order valence-electron chi connectivity index (χ3n) is 3.72. The second kappa shape index (κ2) is 4.77. The molecule has 1 unspecified atom stereocenters. The highest BCUT2D eigenvalue weighted by Gasteiger charge is 2.48. The number of aromatic nitrogens is 2. The van der Waals surface area contributed by atoms with Gasteiger partial charge in [0, 0.05) is 10.5 Å². The number of carboxylic acids is 1. The molecule has 1 aromatic carbocycles. The normalized spacial score (nSPS) is 20.2. The lowest BCUT2D eigenvalue weighted by atomic mass is 10.2. The molecule has 1 aromatic heterocycles. The molecule has 3 rings (SSSR count). The summed E-state index contributed by atoms with van der Waals surface area (Å²) in [5.74, 6) is -0.776. The highest BCUT2D eigenvalue weighted by atomic mass is 79.9. The van der Waals surface area contributed by atoms with E-state index in [4.69, 9.17) is 5.11 Å². The van der Waals surface area contributed by atoms with Crippen molar-refractivity contribution in [3.8, 4) is 0 Å². The standard InChI is InChI=1S/C14H15BrN2O2S/c1-14(2)6-11(14)17-10-4-3-8(15)5-9(10)16-13(17)20-7-12(18)19/h3-5,11H,6-7H2,1-2H3,(H,18,19). The van der Waals surface area contributed by atoms with Crippen LogP contribution in [0.15, 0.2) is 27.8 Å². The van der Waals surface area contributed by atoms with E-state index in [2.05, 4.69) is 39.3 Å². The van der Waals surface area contributed by atoms with E-state index >= 15 is 0 Å². The van der Waals surface area contributed by atoms with Gasteiger partial charge in [0.15, 0.2) is 5.16 Å². The number of rotatable bonds is 4. The Bertz CT molecular complexity index is 696. The SMILES string of the molecule is CC1(C)CC1n1c(SCC(=O)O)nc2cc(Br)ccc21. The Labute approximate surface area is 129 Å². The van der Waals surface area contributed by atoms with Gasteiger partial charge in [-0.1, -0.05) is 41.5 Å². The first-order valence-electron chi connectivity index (χ1n) is 6.40. The minimum absolute atomic E-state index is 0.0393. The largest absolute Gasteiger partial charge is 0.481 e. The minimum Gasteiger partial charge on any atom is -0.481 e. The topological polar surface area (TPSA) is 55.1 Å². The average Bonchev–Trinajstić information content (AvgIpc) is 2.82. The number of benzene rings is 1. The van der Waals surface area contributed by atoms with Crippen LogP contribution < -0.4 is 0 Å². The Hall–Kier alpha value is -1.01. The summed E-state index contributed by atoms with van der Waals surface area (Å²) < 4.78 is 3.19. The Morgan fingerprint density at radius 2 is 2.30 bits per heavy atom. The number of hydrogen-bond donors (Lipinski definition) is 1. The molecule has 1 saturated carbocycles. The summed E-state index contributed by atoms with van der Waals surface area (Å²) in [6, 6.07) is 6.43. The van der Waals surface area contributed by atoms with Crippen molar-refractivity contribution in [3.05, 3.63) is 22.7 Å². The maximum atomic E-state index is 10.8. The summed E-state index contributed by atoms with van der Waals surface area (Å²) in [4.78, 5) is 15.4. The summed E-state index contributed by atoms with van der Waals surface area (Å²) in [5, 5.41) is 9.68. The van der Waals surface area contributed by atoms with Crippen molar-refractivity contribution in [1.29, 1.82) is 0 Å². The molecular weight excluding hydrogens is 340 g/mol. The molecule has 2 aromatic rings. The summed E-state index contributed by atoms with van der Waals surface area (Å²) in [5.41, 5.74) is 2.26. The van der Waals surface area contributed by atoms with Crippen molar-refractivity contribution in [1.82, 2.24) is 9.55 Å². The first kappa shape index (κ1) is 13.9. The van der Waals surface area contributed by atoms with Gasteiger partial charge in [-0.15, -0.1) is 0 Å². The lowest BCUT2D eigenvalue weighted by Crippen LogP contribution is -2.04. The first-order valence-corrected chi connectivity index (χ1v) is 8.18. The van der Waals surface area contributed by atoms with Crippen LogP contribution in [-0.2, 0) is 4.79 Å². The number of fused-ring (bicyclic) bond motifs is 1. The van der Waals surface area contributed by atoms with Crippen LogP contribution in [0.3, 0.4) is 0 Å². The number of imidazole rings is 1. The highest BCUT2D eigenvalue weighted by molar-refractivity contribution is 9.10. The predicted octanol–water partition coefficient (Wildman–Crippen LogP) is 3.95. The van der Waals surface area contributed by atoms with Crippen LogP contribution in [0.1, 0.15) is 26.3 Å². The van der Waals surface area contributed by atoms with Crippen LogP contribution in [0, 0.1) is 5.41 Å². The molecule has 0 radical (unpaired) electrons. The molecule has 1 fully saturated rings. The lowest BCUT2D eigenvalue weighted by molar-refractivity contribution is -0.133. The van der Waals surface area contributed by atoms with Crippen molar-refractivity contribution in [2.24, 2.45) is 5.41 Å². The minimum atomic E-state index is -0.815. The van der Waals surface area contributed by atoms with Crippen molar-refractivity contribution < 1.29 is 9.90 Å². The molecule has 0 amide bonds. The number of aliphatic carboxylic acids is 1. The fraction of sp³-hybridized carbons (Fsp3) is 0.429. The first-order chi connectivity index (χ1) is 9.38. The van der Waals surface area contributed by atoms with Gasteiger partial charge in [-0.25, -0.2) is 4.98 Å². The third-order valence-corrected chi connectivity index (χ3v) is 5.15. The van der Waals surface area contributed by atoms with E-state index in [1.165, 1.54) is 11.8 Å². The van der Waals surface area contributed by atoms with E-state index in [9.17, 15) is 4.79 Å². The van der Waals surface area contributed by atoms with E-state index in [0.29, 0.717) is 6.04 Å². The van der Waals surface area contributed by atoms with Crippen LogP contribution in [0.5, 0.6) is 0 Å². The number of thioether (sulfide) groups is 1. The predicted molar refractivity (Wildman–Crippen MR) is 83.2 cm³/mol. The molecule has 20 heavy (non-hydrogen) atoms. The number of hydrogen-bond acceptors (Lipinski definition) is 3. The molecule has 1 heterocycles. The van der Waals surface area contributed by atoms with Crippen molar-refractivity contribution in [2.45, 2.75) is 31.5 Å². The van der Waals surface area contributed by atoms with Gasteiger partial charge >= 0.3 is 5.97 Å². The molecule has 0 spiro atoms. The van der Waals surface area contributed by atoms with Gasteiger partial charge in [0.25, 0.3) is 0 Å². The summed E-state index contributed by atoms with van der Waals surface area (Å²) in [7, 11) is 0. The van der Waals surface area contributed by atoms with Gasteiger partial charge in [0.05, 0.1) is 16.8 Å². The number of nitrogens with zero attached hydrogens (tertiary/aromatic N) is 2. The van der Waals surface area contributed by atoms with Crippen molar-refractivity contribution in [3.63, 3.8) is 0 Å². The zero-order valence-electron chi connectivity index (χ0n) is 11.3. The zero-order valence-corrected chi connectivity index (χ0v) is 13.7. The molecular formula is C14H15BrN2O2S. The smallest absolute Gasteiger partial charge is 0.313 e. The second-order valence-electron chi connectivity index (χ2n) is 5.79. The highest BCUT2D eigenvalue weighted by Crippen LogP contribution is 2.57. The van der Waals surface area contributed by atoms with Gasteiger partial charge in [0.1, 0.15) is 0 Å². The fourth-order valence-electron chi connectivity index (χ4n) is 2.46. The molecule has 6 heteroatoms. The summed E-state index contributed by atoms with van der Waals surface area (Å²) in [6.07, 6.45) is 1.11. The molecule has 1 aliphatic rings. The van der Waals surface area contributed by atoms with Gasteiger partial charge in [-0.3, -0.25) is 4.79 Å². The van der Waals surface area contributed by atoms with Gasteiger partial charge in [-0.2, -0.15) is 0 Å². The van der Waals surface area contributed by atoms with Crippen molar-refractivity contribution in [2.75, 3.05) is 5.75 Å². The van der Waals surface area contributed by atoms with E-state index in [0.717, 1.165) is 27.1 Å². The maximum absolute atomic E-state index is 10.8.